The fourth-order valence-corrected chi connectivity index (χ4v) is 2.56. The number of rotatable bonds is 5. The van der Waals surface area contributed by atoms with Gasteiger partial charge in [0.15, 0.2) is 11.5 Å². The molecule has 22 heavy (non-hydrogen) atoms. The second-order valence-electron chi connectivity index (χ2n) is 5.27. The molecule has 0 saturated carbocycles. The Morgan fingerprint density at radius 1 is 1.23 bits per heavy atom. The molecule has 0 unspecified atom stereocenters. The van der Waals surface area contributed by atoms with E-state index in [1.807, 2.05) is 19.1 Å². The van der Waals surface area contributed by atoms with E-state index in [2.05, 4.69) is 0 Å². The maximum Gasteiger partial charge on any atom is 0.305 e. The predicted molar refractivity (Wildman–Crippen MR) is 78.2 cm³/mol. The summed E-state index contributed by atoms with van der Waals surface area (Å²) in [6.45, 7) is 3.11. The minimum absolute atomic E-state index is 0.0132. The Bertz CT molecular complexity index is 660. The van der Waals surface area contributed by atoms with Crippen molar-refractivity contribution in [3.8, 4) is 0 Å². The third-order valence-corrected chi connectivity index (χ3v) is 3.64. The van der Waals surface area contributed by atoms with Crippen LogP contribution in [0, 0.1) is 6.92 Å². The number of nitrogens with zero attached hydrogens (tertiary/aromatic N) is 1. The maximum absolute atomic E-state index is 12.2. The number of carbonyl (C=O) groups is 3. The van der Waals surface area contributed by atoms with E-state index in [9.17, 15) is 19.5 Å². The van der Waals surface area contributed by atoms with Gasteiger partial charge >= 0.3 is 5.97 Å². The molecule has 0 aliphatic carbocycles. The minimum atomic E-state index is -1.05. The summed E-state index contributed by atoms with van der Waals surface area (Å²) in [5, 5.41) is 18.8. The zero-order valence-electron chi connectivity index (χ0n) is 12.4. The van der Waals surface area contributed by atoms with Gasteiger partial charge in [-0.15, -0.1) is 0 Å². The van der Waals surface area contributed by atoms with Crippen LogP contribution in [0.5, 0.6) is 0 Å². The van der Waals surface area contributed by atoms with Gasteiger partial charge < -0.3 is 15.1 Å². The zero-order chi connectivity index (χ0) is 16.4. The van der Waals surface area contributed by atoms with Gasteiger partial charge in [-0.1, -0.05) is 29.8 Å². The quantitative estimate of drug-likeness (QED) is 0.864. The largest absolute Gasteiger partial charge is 0.503 e. The second kappa shape index (κ2) is 6.01. The van der Waals surface area contributed by atoms with Crippen molar-refractivity contribution in [3.63, 3.8) is 0 Å². The Morgan fingerprint density at radius 2 is 1.82 bits per heavy atom. The van der Waals surface area contributed by atoms with Gasteiger partial charge in [-0.3, -0.25) is 14.4 Å². The lowest BCUT2D eigenvalue weighted by molar-refractivity contribution is -0.138. The molecule has 1 aromatic carbocycles. The van der Waals surface area contributed by atoms with Gasteiger partial charge in [-0.2, -0.15) is 0 Å². The Kier molecular flexibility index (Phi) is 4.30. The number of amides is 1. The normalized spacial score (nSPS) is 18.0. The lowest BCUT2D eigenvalue weighted by Gasteiger charge is -2.26. The molecule has 0 aromatic heterocycles. The average molecular weight is 303 g/mol. The molecule has 1 aliphatic heterocycles. The first kappa shape index (κ1) is 15.8. The van der Waals surface area contributed by atoms with Crippen LogP contribution in [0.15, 0.2) is 35.6 Å². The van der Waals surface area contributed by atoms with E-state index >= 15 is 0 Å². The van der Waals surface area contributed by atoms with E-state index in [4.69, 9.17) is 5.11 Å². The van der Waals surface area contributed by atoms with Crippen LogP contribution in [0.2, 0.25) is 0 Å². The van der Waals surface area contributed by atoms with Gasteiger partial charge in [0.2, 0.25) is 0 Å². The topological polar surface area (TPSA) is 94.9 Å². The van der Waals surface area contributed by atoms with Crippen molar-refractivity contribution in [2.45, 2.75) is 26.3 Å². The van der Waals surface area contributed by atoms with E-state index in [1.54, 1.807) is 12.1 Å². The molecule has 1 atom stereocenters. The number of Topliss-reactive ketones (excluding diaryl/α,β-unsaturated/α-hetero) is 1. The van der Waals surface area contributed by atoms with Crippen molar-refractivity contribution in [1.29, 1.82) is 0 Å². The predicted octanol–water partition coefficient (Wildman–Crippen LogP) is 1.75. The summed E-state index contributed by atoms with van der Waals surface area (Å²) in [5.41, 5.74) is 1.69. The number of carbonyl (C=O) groups excluding carboxylic acids is 2. The molecule has 2 N–H and O–H groups in total. The number of hydrogen-bond donors (Lipinski definition) is 2. The number of ketones is 1. The number of hydrogen-bond acceptors (Lipinski definition) is 4. The number of carboxylic acids is 1. The molecule has 2 rings (SSSR count). The van der Waals surface area contributed by atoms with Gasteiger partial charge in [-0.25, -0.2) is 0 Å². The van der Waals surface area contributed by atoms with Crippen molar-refractivity contribution in [2.24, 2.45) is 0 Å². The summed E-state index contributed by atoms with van der Waals surface area (Å²) in [7, 11) is 0. The van der Waals surface area contributed by atoms with Gasteiger partial charge in [-0.05, 0) is 19.4 Å². The van der Waals surface area contributed by atoms with Crippen molar-refractivity contribution in [2.75, 3.05) is 6.54 Å². The minimum Gasteiger partial charge on any atom is -0.503 e. The molecule has 0 radical (unpaired) electrons. The molecule has 116 valence electrons. The van der Waals surface area contributed by atoms with Gasteiger partial charge in [0, 0.05) is 6.54 Å². The Labute approximate surface area is 127 Å². The lowest BCUT2D eigenvalue weighted by atomic mass is 9.96. The Morgan fingerprint density at radius 3 is 2.32 bits per heavy atom. The monoisotopic (exact) mass is 303 g/mol. The SMILES string of the molecule is CC(=O)C1=C(O)C(=O)N(CCC(=O)O)[C@@H]1c1ccc(C)cc1. The number of aliphatic carboxylic acids is 1. The first-order chi connectivity index (χ1) is 10.3. The molecule has 6 heteroatoms. The summed E-state index contributed by atoms with van der Waals surface area (Å²) in [5.74, 6) is -2.76. The van der Waals surface area contributed by atoms with E-state index in [1.165, 1.54) is 11.8 Å². The van der Waals surface area contributed by atoms with E-state index in [0.717, 1.165) is 5.56 Å². The molecule has 6 nitrogen and oxygen atoms in total. The number of carboxylic acid groups (broad SMARTS) is 1. The van der Waals surface area contributed by atoms with Crippen molar-refractivity contribution >= 4 is 17.7 Å². The summed E-state index contributed by atoms with van der Waals surface area (Å²) < 4.78 is 0. The number of aliphatic hydroxyl groups is 1. The fourth-order valence-electron chi connectivity index (χ4n) is 2.56. The van der Waals surface area contributed by atoms with E-state index in [0.29, 0.717) is 5.56 Å². The van der Waals surface area contributed by atoms with Crippen LogP contribution in [-0.2, 0) is 14.4 Å². The highest BCUT2D eigenvalue weighted by molar-refractivity contribution is 6.08. The lowest BCUT2D eigenvalue weighted by Crippen LogP contribution is -2.33. The van der Waals surface area contributed by atoms with Crippen LogP contribution in [0.1, 0.15) is 30.5 Å². The van der Waals surface area contributed by atoms with Crippen molar-refractivity contribution < 1.29 is 24.6 Å². The highest BCUT2D eigenvalue weighted by Crippen LogP contribution is 2.37. The summed E-state index contributed by atoms with van der Waals surface area (Å²) >= 11 is 0. The fraction of sp³-hybridized carbons (Fsp3) is 0.312. The number of aryl methyl sites for hydroxylation is 1. The van der Waals surface area contributed by atoms with Gasteiger partial charge in [0.1, 0.15) is 0 Å². The van der Waals surface area contributed by atoms with Gasteiger partial charge in [0.05, 0.1) is 18.0 Å². The summed E-state index contributed by atoms with van der Waals surface area (Å²) in [6.07, 6.45) is -0.257. The molecule has 1 aromatic rings. The van der Waals surface area contributed by atoms with Crippen LogP contribution < -0.4 is 0 Å². The zero-order valence-corrected chi connectivity index (χ0v) is 12.4. The molecule has 0 bridgehead atoms. The summed E-state index contributed by atoms with van der Waals surface area (Å²) in [6, 6.07) is 6.46. The first-order valence-electron chi connectivity index (χ1n) is 6.86. The van der Waals surface area contributed by atoms with Crippen LogP contribution >= 0.6 is 0 Å². The van der Waals surface area contributed by atoms with Gasteiger partial charge in [0.25, 0.3) is 5.91 Å². The maximum atomic E-state index is 12.2. The van der Waals surface area contributed by atoms with E-state index in [-0.39, 0.29) is 18.5 Å². The molecule has 1 heterocycles. The second-order valence-corrected chi connectivity index (χ2v) is 5.27. The van der Waals surface area contributed by atoms with Crippen molar-refractivity contribution in [1.82, 2.24) is 4.90 Å². The molecule has 1 aliphatic rings. The van der Waals surface area contributed by atoms with Crippen LogP contribution in [0.3, 0.4) is 0 Å². The molecule has 0 fully saturated rings. The first-order valence-corrected chi connectivity index (χ1v) is 6.86. The third kappa shape index (κ3) is 2.86. The molecule has 0 saturated heterocycles. The molecular formula is C16H17NO5. The highest BCUT2D eigenvalue weighted by atomic mass is 16.4. The van der Waals surface area contributed by atoms with Crippen LogP contribution in [0.25, 0.3) is 0 Å². The highest BCUT2D eigenvalue weighted by Gasteiger charge is 2.42. The van der Waals surface area contributed by atoms with Crippen LogP contribution in [-0.4, -0.2) is 39.3 Å². The number of benzene rings is 1. The smallest absolute Gasteiger partial charge is 0.305 e. The average Bonchev–Trinajstić information content (AvgIpc) is 2.70. The standard InChI is InChI=1S/C16H17NO5/c1-9-3-5-11(6-4-9)14-13(10(2)18)15(21)16(22)17(14)8-7-12(19)20/h3-6,14,21H,7-8H2,1-2H3,(H,19,20)/t14-/m1/s1. The van der Waals surface area contributed by atoms with E-state index < -0.39 is 29.5 Å². The molecular weight excluding hydrogens is 286 g/mol. The Hall–Kier alpha value is -2.63. The third-order valence-electron chi connectivity index (χ3n) is 3.64. The molecule has 0 spiro atoms. The van der Waals surface area contributed by atoms with Crippen molar-refractivity contribution in [3.05, 3.63) is 46.7 Å². The Balaban J connectivity index is 2.45. The van der Waals surface area contributed by atoms with Crippen LogP contribution in [0.4, 0.5) is 0 Å². The molecule has 1 amide bonds. The number of aliphatic hydroxyl groups excluding tert-OH is 1. The summed E-state index contributed by atoms with van der Waals surface area (Å²) in [4.78, 5) is 36.0.